The van der Waals surface area contributed by atoms with E-state index in [4.69, 9.17) is 0 Å². The molecule has 0 bridgehead atoms. The van der Waals surface area contributed by atoms with E-state index < -0.39 is 0 Å². The van der Waals surface area contributed by atoms with E-state index in [0.717, 1.165) is 37.9 Å². The number of pyridine rings is 1. The molecule has 0 unspecified atom stereocenters. The van der Waals surface area contributed by atoms with Crippen LogP contribution in [0.5, 0.6) is 0 Å². The second kappa shape index (κ2) is 10.3. The van der Waals surface area contributed by atoms with Crippen molar-refractivity contribution in [2.75, 3.05) is 13.1 Å². The summed E-state index contributed by atoms with van der Waals surface area (Å²) < 4.78 is 3.91. The molecular weight excluding hydrogens is 472 g/mol. The van der Waals surface area contributed by atoms with E-state index in [1.165, 1.54) is 27.6 Å². The molecule has 196 valence electrons. The largest absolute Gasteiger partial charge is 0.343 e. The van der Waals surface area contributed by atoms with Crippen molar-refractivity contribution in [1.82, 2.24) is 19.4 Å². The molecule has 1 N–H and O–H groups in total. The summed E-state index contributed by atoms with van der Waals surface area (Å²) in [6.07, 6.45) is 7.04. The quantitative estimate of drug-likeness (QED) is 0.398. The maximum absolute atomic E-state index is 14.2. The number of hydrogen-bond donors (Lipinski definition) is 1. The summed E-state index contributed by atoms with van der Waals surface area (Å²) in [4.78, 5) is 28.7. The van der Waals surface area contributed by atoms with Crippen molar-refractivity contribution in [1.29, 1.82) is 0 Å². The molecule has 1 saturated carbocycles. The van der Waals surface area contributed by atoms with Crippen LogP contribution in [-0.2, 0) is 24.9 Å². The van der Waals surface area contributed by atoms with Gasteiger partial charge in [0.1, 0.15) is 0 Å². The Hall–Kier alpha value is -3.64. The number of amides is 1. The first-order valence-electron chi connectivity index (χ1n) is 13.8. The molecule has 6 heteroatoms. The van der Waals surface area contributed by atoms with E-state index in [9.17, 15) is 9.59 Å². The fourth-order valence-electron chi connectivity index (χ4n) is 6.07. The fraction of sp³-hybridized carbons (Fsp3) is 0.375. The van der Waals surface area contributed by atoms with Crippen LogP contribution in [0.1, 0.15) is 47.4 Å². The van der Waals surface area contributed by atoms with Gasteiger partial charge < -0.3 is 19.4 Å². The average Bonchev–Trinajstić information content (AvgIpc) is 3.72. The molecule has 0 radical (unpaired) electrons. The van der Waals surface area contributed by atoms with E-state index in [0.29, 0.717) is 19.1 Å². The summed E-state index contributed by atoms with van der Waals surface area (Å²) in [5, 5.41) is 4.66. The first-order valence-corrected chi connectivity index (χ1v) is 13.8. The van der Waals surface area contributed by atoms with Crippen LogP contribution in [0, 0.1) is 12.8 Å². The van der Waals surface area contributed by atoms with Crippen LogP contribution in [0.15, 0.2) is 77.9 Å². The van der Waals surface area contributed by atoms with Crippen molar-refractivity contribution in [3.05, 3.63) is 106 Å². The van der Waals surface area contributed by atoms with E-state index in [1.807, 2.05) is 12.3 Å². The van der Waals surface area contributed by atoms with Crippen LogP contribution >= 0.6 is 0 Å². The molecule has 2 fully saturated rings. The molecular formula is C32H36N4O2. The molecule has 2 aliphatic rings. The zero-order chi connectivity index (χ0) is 26.2. The molecule has 6 rings (SSSR count). The molecule has 2 atom stereocenters. The van der Waals surface area contributed by atoms with Gasteiger partial charge in [-0.05, 0) is 67.5 Å². The lowest BCUT2D eigenvalue weighted by atomic mass is 9.80. The topological polar surface area (TPSA) is 59.3 Å². The highest BCUT2D eigenvalue weighted by molar-refractivity contribution is 5.86. The molecule has 1 aliphatic carbocycles. The number of para-hydroxylation sites is 1. The Morgan fingerprint density at radius 1 is 1.05 bits per heavy atom. The summed E-state index contributed by atoms with van der Waals surface area (Å²) >= 11 is 0. The van der Waals surface area contributed by atoms with Crippen molar-refractivity contribution in [2.24, 2.45) is 13.0 Å². The predicted molar refractivity (Wildman–Crippen MR) is 151 cm³/mol. The summed E-state index contributed by atoms with van der Waals surface area (Å²) in [6.45, 7) is 5.06. The predicted octanol–water partition coefficient (Wildman–Crippen LogP) is 4.58. The van der Waals surface area contributed by atoms with Crippen LogP contribution in [0.4, 0.5) is 0 Å². The highest BCUT2D eigenvalue weighted by Crippen LogP contribution is 2.36. The lowest BCUT2D eigenvalue weighted by molar-refractivity contribution is -0.138. The molecule has 2 aromatic heterocycles. The molecule has 1 aliphatic heterocycles. The Kier molecular flexibility index (Phi) is 6.66. The van der Waals surface area contributed by atoms with Gasteiger partial charge in [-0.3, -0.25) is 9.59 Å². The van der Waals surface area contributed by atoms with Crippen LogP contribution in [-0.4, -0.2) is 39.1 Å². The second-order valence-corrected chi connectivity index (χ2v) is 11.1. The lowest BCUT2D eigenvalue weighted by Gasteiger charge is -2.35. The van der Waals surface area contributed by atoms with Crippen molar-refractivity contribution >= 4 is 16.8 Å². The highest BCUT2D eigenvalue weighted by atomic mass is 16.2. The van der Waals surface area contributed by atoms with Gasteiger partial charge in [0.2, 0.25) is 5.91 Å². The van der Waals surface area contributed by atoms with E-state index in [-0.39, 0.29) is 23.3 Å². The third kappa shape index (κ3) is 4.93. The highest BCUT2D eigenvalue weighted by Gasteiger charge is 2.40. The van der Waals surface area contributed by atoms with E-state index in [2.05, 4.69) is 76.4 Å². The minimum absolute atomic E-state index is 0.0206. The number of aromatic nitrogens is 2. The van der Waals surface area contributed by atoms with Gasteiger partial charge in [-0.1, -0.05) is 48.0 Å². The second-order valence-electron chi connectivity index (χ2n) is 11.1. The van der Waals surface area contributed by atoms with Gasteiger partial charge in [0, 0.05) is 62.1 Å². The lowest BCUT2D eigenvalue weighted by Crippen LogP contribution is -2.47. The Balaban J connectivity index is 1.30. The van der Waals surface area contributed by atoms with Crippen molar-refractivity contribution in [3.8, 4) is 0 Å². The number of aryl methyl sites for hydroxylation is 2. The van der Waals surface area contributed by atoms with Gasteiger partial charge in [-0.25, -0.2) is 0 Å². The molecule has 4 aromatic rings. The molecule has 3 heterocycles. The van der Waals surface area contributed by atoms with Gasteiger partial charge in [-0.2, -0.15) is 0 Å². The number of carbonyl (C=O) groups excluding carboxylic acids is 1. The summed E-state index contributed by atoms with van der Waals surface area (Å²) in [5.74, 6) is 0.0968. The number of nitrogens with zero attached hydrogens (tertiary/aromatic N) is 3. The standard InChI is InChI=1S/C32H36N4O2/c1-22-6-5-7-23(16-22)19-35-20-25(28-8-3-4-9-30(28)35)21-36(26-10-11-26)32(38)29-18-33-14-12-27(29)24-13-15-34(2)31(37)17-24/h3-9,13,15-17,20,26-27,29,33H,10-12,14,18-19,21H2,1-2H3/t27-,29+/m0/s1. The van der Waals surface area contributed by atoms with Crippen molar-refractivity contribution in [2.45, 2.75) is 51.2 Å². The summed E-state index contributed by atoms with van der Waals surface area (Å²) in [7, 11) is 1.77. The number of hydrogen-bond acceptors (Lipinski definition) is 3. The Bertz CT molecular complexity index is 1530. The van der Waals surface area contributed by atoms with Gasteiger partial charge in [0.15, 0.2) is 0 Å². The Morgan fingerprint density at radius 2 is 1.89 bits per heavy atom. The van der Waals surface area contributed by atoms with Gasteiger partial charge in [-0.15, -0.1) is 0 Å². The monoisotopic (exact) mass is 508 g/mol. The maximum Gasteiger partial charge on any atom is 0.250 e. The van der Waals surface area contributed by atoms with Gasteiger partial charge in [0.25, 0.3) is 5.56 Å². The van der Waals surface area contributed by atoms with Crippen molar-refractivity contribution < 1.29 is 4.79 Å². The van der Waals surface area contributed by atoms with E-state index >= 15 is 0 Å². The summed E-state index contributed by atoms with van der Waals surface area (Å²) in [6, 6.07) is 21.2. The number of benzene rings is 2. The number of nitrogens with one attached hydrogen (secondary N) is 1. The molecule has 6 nitrogen and oxygen atoms in total. The molecule has 2 aromatic carbocycles. The van der Waals surface area contributed by atoms with Gasteiger partial charge >= 0.3 is 0 Å². The maximum atomic E-state index is 14.2. The van der Waals surface area contributed by atoms with E-state index in [1.54, 1.807) is 17.7 Å². The molecule has 0 spiro atoms. The number of carbonyl (C=O) groups is 1. The smallest absolute Gasteiger partial charge is 0.250 e. The molecule has 1 saturated heterocycles. The van der Waals surface area contributed by atoms with Crippen LogP contribution in [0.3, 0.4) is 0 Å². The average molecular weight is 509 g/mol. The fourth-order valence-corrected chi connectivity index (χ4v) is 6.07. The minimum atomic E-state index is -0.169. The zero-order valence-corrected chi connectivity index (χ0v) is 22.3. The number of piperidine rings is 1. The number of rotatable bonds is 7. The number of fused-ring (bicyclic) bond motifs is 1. The third-order valence-corrected chi connectivity index (χ3v) is 8.27. The summed E-state index contributed by atoms with van der Waals surface area (Å²) in [5.41, 5.74) is 5.90. The third-order valence-electron chi connectivity index (χ3n) is 8.27. The van der Waals surface area contributed by atoms with Gasteiger partial charge in [0.05, 0.1) is 5.92 Å². The van der Waals surface area contributed by atoms with Crippen LogP contribution in [0.25, 0.3) is 10.9 Å². The SMILES string of the molecule is Cc1cccc(Cn2cc(CN(C(=O)[C@@H]3CNCC[C@H]3c3ccn(C)c(=O)c3)C3CC3)c3ccccc32)c1. The molecule has 1 amide bonds. The van der Waals surface area contributed by atoms with Crippen molar-refractivity contribution in [3.63, 3.8) is 0 Å². The zero-order valence-electron chi connectivity index (χ0n) is 22.3. The first-order chi connectivity index (χ1) is 18.5. The minimum Gasteiger partial charge on any atom is -0.343 e. The Labute approximate surface area is 223 Å². The Morgan fingerprint density at radius 3 is 2.68 bits per heavy atom. The van der Waals surface area contributed by atoms with Crippen LogP contribution < -0.4 is 10.9 Å². The molecule has 38 heavy (non-hydrogen) atoms. The van der Waals surface area contributed by atoms with Crippen LogP contribution in [0.2, 0.25) is 0 Å². The first kappa shape index (κ1) is 24.7. The normalized spacial score (nSPS) is 19.5.